The third-order valence-corrected chi connectivity index (χ3v) is 5.68. The van der Waals surface area contributed by atoms with Crippen LogP contribution in [0.1, 0.15) is 13.8 Å². The number of benzene rings is 1. The molecule has 0 aliphatic heterocycles. The highest BCUT2D eigenvalue weighted by molar-refractivity contribution is 9.11. The molecule has 0 spiro atoms. The van der Waals surface area contributed by atoms with Gasteiger partial charge in [0.15, 0.2) is 0 Å². The zero-order valence-electron chi connectivity index (χ0n) is 10.6. The van der Waals surface area contributed by atoms with Crippen LogP contribution in [0.2, 0.25) is 0 Å². The largest absolute Gasteiger partial charge is 0.399 e. The second-order valence-corrected chi connectivity index (χ2v) is 7.35. The summed E-state index contributed by atoms with van der Waals surface area (Å²) in [7, 11) is -3.65. The number of nitrogens with one attached hydrogen (secondary N) is 1. The van der Waals surface area contributed by atoms with E-state index in [0.717, 1.165) is 0 Å². The number of halogens is 2. The van der Waals surface area contributed by atoms with Gasteiger partial charge >= 0.3 is 0 Å². The quantitative estimate of drug-likeness (QED) is 0.699. The van der Waals surface area contributed by atoms with Gasteiger partial charge in [-0.2, -0.15) is 0 Å². The van der Waals surface area contributed by atoms with E-state index in [1.165, 1.54) is 0 Å². The fraction of sp³-hybridized carbons (Fsp3) is 0.455. The van der Waals surface area contributed by atoms with Gasteiger partial charge in [0.1, 0.15) is 4.90 Å². The van der Waals surface area contributed by atoms with E-state index in [0.29, 0.717) is 27.8 Å². The topological polar surface area (TPSA) is 81.4 Å². The van der Waals surface area contributed by atoms with Crippen LogP contribution in [-0.4, -0.2) is 27.7 Å². The van der Waals surface area contributed by atoms with Gasteiger partial charge in [0.05, 0.1) is 6.61 Å². The summed E-state index contributed by atoms with van der Waals surface area (Å²) >= 11 is 6.43. The van der Waals surface area contributed by atoms with Crippen molar-refractivity contribution in [2.24, 2.45) is 0 Å². The zero-order chi connectivity index (χ0) is 14.6. The predicted molar refractivity (Wildman–Crippen MR) is 82.5 cm³/mol. The molecule has 0 aliphatic carbocycles. The van der Waals surface area contributed by atoms with Crippen LogP contribution in [0.3, 0.4) is 0 Å². The maximum atomic E-state index is 12.3. The van der Waals surface area contributed by atoms with Crippen LogP contribution in [0.5, 0.6) is 0 Å². The van der Waals surface area contributed by atoms with E-state index in [9.17, 15) is 8.42 Å². The Balaban J connectivity index is 3.01. The lowest BCUT2D eigenvalue weighted by molar-refractivity contribution is 0.133. The van der Waals surface area contributed by atoms with Gasteiger partial charge < -0.3 is 10.5 Å². The van der Waals surface area contributed by atoms with Gasteiger partial charge in [-0.3, -0.25) is 0 Å². The average Bonchev–Trinajstić information content (AvgIpc) is 2.23. The number of nitrogens with two attached hydrogens (primary N) is 1. The first-order valence-corrected chi connectivity index (χ1v) is 8.69. The Bertz CT molecular complexity index is 526. The Labute approximate surface area is 130 Å². The number of ether oxygens (including phenoxy) is 1. The highest BCUT2D eigenvalue weighted by atomic mass is 79.9. The molecule has 3 N–H and O–H groups in total. The van der Waals surface area contributed by atoms with Crippen molar-refractivity contribution in [3.05, 3.63) is 21.1 Å². The van der Waals surface area contributed by atoms with Crippen molar-refractivity contribution in [3.8, 4) is 0 Å². The molecule has 1 aromatic carbocycles. The van der Waals surface area contributed by atoms with Crippen LogP contribution < -0.4 is 10.5 Å². The van der Waals surface area contributed by atoms with Crippen molar-refractivity contribution in [1.82, 2.24) is 4.72 Å². The molecule has 108 valence electrons. The first kappa shape index (κ1) is 16.9. The van der Waals surface area contributed by atoms with E-state index >= 15 is 0 Å². The van der Waals surface area contributed by atoms with Gasteiger partial charge in [0.25, 0.3) is 0 Å². The molecular formula is C11H16Br2N2O3S. The highest BCUT2D eigenvalue weighted by Crippen LogP contribution is 2.32. The minimum atomic E-state index is -3.65. The number of rotatable bonds is 6. The molecule has 19 heavy (non-hydrogen) atoms. The highest BCUT2D eigenvalue weighted by Gasteiger charge is 2.23. The van der Waals surface area contributed by atoms with Crippen LogP contribution in [0.4, 0.5) is 5.69 Å². The summed E-state index contributed by atoms with van der Waals surface area (Å²) in [5.41, 5.74) is 6.12. The van der Waals surface area contributed by atoms with Crippen molar-refractivity contribution < 1.29 is 13.2 Å². The molecule has 0 amide bonds. The Morgan fingerprint density at radius 2 is 1.89 bits per heavy atom. The molecule has 1 atom stereocenters. The zero-order valence-corrected chi connectivity index (χ0v) is 14.6. The third-order valence-electron chi connectivity index (χ3n) is 2.22. The summed E-state index contributed by atoms with van der Waals surface area (Å²) in [5.74, 6) is 0. The van der Waals surface area contributed by atoms with Crippen LogP contribution in [0, 0.1) is 0 Å². The minimum absolute atomic E-state index is 0.130. The lowest BCUT2D eigenvalue weighted by Gasteiger charge is -2.16. The summed E-state index contributed by atoms with van der Waals surface area (Å²) < 4.78 is 33.1. The summed E-state index contributed by atoms with van der Waals surface area (Å²) in [6, 6.07) is 2.78. The molecule has 5 nitrogen and oxygen atoms in total. The van der Waals surface area contributed by atoms with Crippen LogP contribution in [0.15, 0.2) is 26.0 Å². The number of hydrogen-bond acceptors (Lipinski definition) is 4. The molecule has 1 rings (SSSR count). The first-order valence-electron chi connectivity index (χ1n) is 5.62. The summed E-state index contributed by atoms with van der Waals surface area (Å²) in [6.07, 6.45) is 0. The standard InChI is InChI=1S/C11H16Br2N2O3S/c1-3-18-6-7(2)15-19(16,17)11-9(12)4-8(14)5-10(11)13/h4-5,7,15H,3,6,14H2,1-2H3. The second kappa shape index (κ2) is 7.03. The van der Waals surface area contributed by atoms with Crippen LogP contribution >= 0.6 is 31.9 Å². The van der Waals surface area contributed by atoms with Gasteiger partial charge in [-0.15, -0.1) is 0 Å². The summed E-state index contributed by atoms with van der Waals surface area (Å²) in [6.45, 7) is 4.46. The molecular weight excluding hydrogens is 400 g/mol. The van der Waals surface area contributed by atoms with Gasteiger partial charge in [-0.1, -0.05) is 0 Å². The van der Waals surface area contributed by atoms with Crippen molar-refractivity contribution >= 4 is 47.6 Å². The molecule has 0 saturated carbocycles. The summed E-state index contributed by atoms with van der Waals surface area (Å²) in [4.78, 5) is 0.130. The smallest absolute Gasteiger partial charge is 0.243 e. The van der Waals surface area contributed by atoms with E-state index in [2.05, 4.69) is 36.6 Å². The number of anilines is 1. The molecule has 0 aromatic heterocycles. The van der Waals surface area contributed by atoms with Crippen molar-refractivity contribution in [3.63, 3.8) is 0 Å². The lowest BCUT2D eigenvalue weighted by atomic mass is 10.3. The molecule has 0 fully saturated rings. The van der Waals surface area contributed by atoms with Gasteiger partial charge in [-0.25, -0.2) is 13.1 Å². The SMILES string of the molecule is CCOCC(C)NS(=O)(=O)c1c(Br)cc(N)cc1Br. The van der Waals surface area contributed by atoms with E-state index in [1.807, 2.05) is 6.92 Å². The molecule has 0 radical (unpaired) electrons. The Morgan fingerprint density at radius 3 is 2.37 bits per heavy atom. The van der Waals surface area contributed by atoms with E-state index < -0.39 is 10.0 Å². The van der Waals surface area contributed by atoms with Crippen molar-refractivity contribution in [2.45, 2.75) is 24.8 Å². The van der Waals surface area contributed by atoms with E-state index in [-0.39, 0.29) is 10.9 Å². The predicted octanol–water partition coefficient (Wildman–Crippen LogP) is 2.50. The molecule has 1 aromatic rings. The monoisotopic (exact) mass is 414 g/mol. The van der Waals surface area contributed by atoms with Crippen LogP contribution in [-0.2, 0) is 14.8 Å². The molecule has 8 heteroatoms. The average molecular weight is 416 g/mol. The fourth-order valence-corrected chi connectivity index (χ4v) is 5.34. The molecule has 1 unspecified atom stereocenters. The van der Waals surface area contributed by atoms with E-state index in [4.69, 9.17) is 10.5 Å². The van der Waals surface area contributed by atoms with Gasteiger partial charge in [0.2, 0.25) is 10.0 Å². The van der Waals surface area contributed by atoms with Crippen molar-refractivity contribution in [2.75, 3.05) is 18.9 Å². The Morgan fingerprint density at radius 1 is 1.37 bits per heavy atom. The molecule has 0 saturated heterocycles. The molecule has 0 heterocycles. The Hall–Kier alpha value is -0.150. The lowest BCUT2D eigenvalue weighted by Crippen LogP contribution is -2.36. The van der Waals surface area contributed by atoms with E-state index in [1.54, 1.807) is 19.1 Å². The summed E-state index contributed by atoms with van der Waals surface area (Å²) in [5, 5.41) is 0. The molecule has 0 aliphatic rings. The molecule has 0 bridgehead atoms. The number of nitrogen functional groups attached to an aromatic ring is 1. The van der Waals surface area contributed by atoms with Crippen molar-refractivity contribution in [1.29, 1.82) is 0 Å². The van der Waals surface area contributed by atoms with Gasteiger partial charge in [0, 0.05) is 27.3 Å². The fourth-order valence-electron chi connectivity index (χ4n) is 1.49. The maximum absolute atomic E-state index is 12.3. The van der Waals surface area contributed by atoms with Crippen LogP contribution in [0.25, 0.3) is 0 Å². The minimum Gasteiger partial charge on any atom is -0.399 e. The number of hydrogen-bond donors (Lipinski definition) is 2. The maximum Gasteiger partial charge on any atom is 0.243 e. The first-order chi connectivity index (χ1) is 8.77. The second-order valence-electron chi connectivity index (χ2n) is 4.00. The van der Waals surface area contributed by atoms with Gasteiger partial charge in [-0.05, 0) is 57.8 Å². The third kappa shape index (κ3) is 4.71. The number of sulfonamides is 1. The Kier molecular flexibility index (Phi) is 6.25. The normalized spacial score (nSPS) is 13.5.